The lowest BCUT2D eigenvalue weighted by atomic mass is 9.96. The molecule has 2 unspecified atom stereocenters. The maximum atomic E-state index is 12.5. The monoisotopic (exact) mass is 287 g/mol. The van der Waals surface area contributed by atoms with Crippen LogP contribution in [-0.2, 0) is 21.9 Å². The molecule has 1 aliphatic rings. The Morgan fingerprint density at radius 1 is 1.47 bits per heavy atom. The van der Waals surface area contributed by atoms with Gasteiger partial charge in [-0.05, 0) is 19.8 Å². The second kappa shape index (κ2) is 4.93. The summed E-state index contributed by atoms with van der Waals surface area (Å²) in [6.45, 7) is 1.82. The van der Waals surface area contributed by atoms with Crippen LogP contribution in [0, 0.1) is 5.92 Å². The minimum atomic E-state index is -3.67. The molecule has 1 aliphatic heterocycles. The summed E-state index contributed by atoms with van der Waals surface area (Å²) in [7, 11) is -2.03. The summed E-state index contributed by atoms with van der Waals surface area (Å²) in [5.41, 5.74) is 0. The highest BCUT2D eigenvalue weighted by molar-refractivity contribution is 7.89. The third-order valence-electron chi connectivity index (χ3n) is 3.46. The molecule has 2 heterocycles. The van der Waals surface area contributed by atoms with E-state index >= 15 is 0 Å². The smallest absolute Gasteiger partial charge is 0.307 e. The van der Waals surface area contributed by atoms with E-state index in [0.717, 1.165) is 0 Å². The average Bonchev–Trinajstić information content (AvgIpc) is 2.76. The van der Waals surface area contributed by atoms with Gasteiger partial charge in [0.05, 0.1) is 12.1 Å². The van der Waals surface area contributed by atoms with Crippen LogP contribution in [0.3, 0.4) is 0 Å². The second-order valence-electron chi connectivity index (χ2n) is 4.89. The van der Waals surface area contributed by atoms with Crippen LogP contribution < -0.4 is 0 Å². The molecule has 1 saturated heterocycles. The zero-order valence-corrected chi connectivity index (χ0v) is 11.7. The van der Waals surface area contributed by atoms with Crippen LogP contribution in [0.5, 0.6) is 0 Å². The predicted molar refractivity (Wildman–Crippen MR) is 66.9 cm³/mol. The van der Waals surface area contributed by atoms with Gasteiger partial charge < -0.3 is 5.11 Å². The third-order valence-corrected chi connectivity index (χ3v) is 5.39. The van der Waals surface area contributed by atoms with Crippen LogP contribution in [0.4, 0.5) is 0 Å². The molecule has 19 heavy (non-hydrogen) atoms. The van der Waals surface area contributed by atoms with E-state index in [4.69, 9.17) is 5.11 Å². The van der Waals surface area contributed by atoms with Crippen LogP contribution in [0.15, 0.2) is 17.3 Å². The summed E-state index contributed by atoms with van der Waals surface area (Å²) in [5.74, 6) is -1.58. The van der Waals surface area contributed by atoms with Crippen molar-refractivity contribution in [3.8, 4) is 0 Å². The first-order chi connectivity index (χ1) is 8.82. The molecule has 0 bridgehead atoms. The molecular formula is C11H17N3O4S. The van der Waals surface area contributed by atoms with E-state index in [-0.39, 0.29) is 17.5 Å². The topological polar surface area (TPSA) is 92.5 Å². The van der Waals surface area contributed by atoms with E-state index in [2.05, 4.69) is 5.10 Å². The number of aromatic nitrogens is 2. The van der Waals surface area contributed by atoms with Crippen molar-refractivity contribution in [1.82, 2.24) is 14.1 Å². The largest absolute Gasteiger partial charge is 0.481 e. The van der Waals surface area contributed by atoms with E-state index < -0.39 is 21.9 Å². The normalized spacial score (nSPS) is 25.4. The standard InChI is InChI=1S/C11H17N3O4S/c1-8-3-4-9(11(15)16)6-14(8)19(17,18)10-5-12-13(2)7-10/h5,7-9H,3-4,6H2,1-2H3,(H,15,16). The van der Waals surface area contributed by atoms with Crippen LogP contribution >= 0.6 is 0 Å². The number of carboxylic acids is 1. The number of aryl methyl sites for hydroxylation is 1. The fourth-order valence-corrected chi connectivity index (χ4v) is 3.97. The Hall–Kier alpha value is -1.41. The van der Waals surface area contributed by atoms with Crippen molar-refractivity contribution >= 4 is 16.0 Å². The Labute approximate surface area is 111 Å². The van der Waals surface area contributed by atoms with E-state index in [9.17, 15) is 13.2 Å². The first kappa shape index (κ1) is 14.0. The van der Waals surface area contributed by atoms with Gasteiger partial charge in [-0.15, -0.1) is 0 Å². The van der Waals surface area contributed by atoms with Crippen LogP contribution in [-0.4, -0.2) is 46.2 Å². The highest BCUT2D eigenvalue weighted by Gasteiger charge is 2.37. The lowest BCUT2D eigenvalue weighted by molar-refractivity contribution is -0.143. The lowest BCUT2D eigenvalue weighted by Crippen LogP contribution is -2.47. The van der Waals surface area contributed by atoms with Gasteiger partial charge in [0, 0.05) is 25.8 Å². The number of hydrogen-bond donors (Lipinski definition) is 1. The maximum Gasteiger partial charge on any atom is 0.307 e. The predicted octanol–water partition coefficient (Wildman–Crippen LogP) is 0.294. The molecule has 7 nitrogen and oxygen atoms in total. The zero-order chi connectivity index (χ0) is 14.2. The highest BCUT2D eigenvalue weighted by Crippen LogP contribution is 2.27. The molecule has 0 radical (unpaired) electrons. The lowest BCUT2D eigenvalue weighted by Gasteiger charge is -2.34. The van der Waals surface area contributed by atoms with E-state index in [1.807, 2.05) is 0 Å². The number of nitrogens with zero attached hydrogens (tertiary/aromatic N) is 3. The fraction of sp³-hybridized carbons (Fsp3) is 0.636. The number of carbonyl (C=O) groups is 1. The molecule has 0 aliphatic carbocycles. The van der Waals surface area contributed by atoms with Crippen LogP contribution in [0.25, 0.3) is 0 Å². The van der Waals surface area contributed by atoms with E-state index in [1.165, 1.54) is 21.4 Å². The maximum absolute atomic E-state index is 12.5. The fourth-order valence-electron chi connectivity index (χ4n) is 2.28. The van der Waals surface area contributed by atoms with E-state index in [1.54, 1.807) is 14.0 Å². The van der Waals surface area contributed by atoms with Gasteiger partial charge in [0.15, 0.2) is 0 Å². The molecule has 0 amide bonds. The SMILES string of the molecule is CC1CCC(C(=O)O)CN1S(=O)(=O)c1cnn(C)c1. The minimum Gasteiger partial charge on any atom is -0.481 e. The van der Waals surface area contributed by atoms with Gasteiger partial charge in [0.2, 0.25) is 10.0 Å². The van der Waals surface area contributed by atoms with Crippen molar-refractivity contribution in [1.29, 1.82) is 0 Å². The van der Waals surface area contributed by atoms with Crippen molar-refractivity contribution in [2.45, 2.75) is 30.7 Å². The Morgan fingerprint density at radius 3 is 2.68 bits per heavy atom. The van der Waals surface area contributed by atoms with Crippen molar-refractivity contribution in [3.63, 3.8) is 0 Å². The van der Waals surface area contributed by atoms with Gasteiger partial charge in [-0.3, -0.25) is 9.48 Å². The highest BCUT2D eigenvalue weighted by atomic mass is 32.2. The van der Waals surface area contributed by atoms with Crippen LogP contribution in [0.1, 0.15) is 19.8 Å². The first-order valence-electron chi connectivity index (χ1n) is 6.05. The Balaban J connectivity index is 2.30. The van der Waals surface area contributed by atoms with Gasteiger partial charge in [-0.2, -0.15) is 9.40 Å². The van der Waals surface area contributed by atoms with Gasteiger partial charge in [0.1, 0.15) is 4.90 Å². The van der Waals surface area contributed by atoms with Crippen molar-refractivity contribution < 1.29 is 18.3 Å². The van der Waals surface area contributed by atoms with Crippen LogP contribution in [0.2, 0.25) is 0 Å². The molecule has 1 aromatic rings. The summed E-state index contributed by atoms with van der Waals surface area (Å²) >= 11 is 0. The van der Waals surface area contributed by atoms with Crippen molar-refractivity contribution in [2.75, 3.05) is 6.54 Å². The molecule has 2 rings (SSSR count). The van der Waals surface area contributed by atoms with Gasteiger partial charge in [-0.1, -0.05) is 0 Å². The molecule has 106 valence electrons. The Bertz CT molecular complexity index is 581. The van der Waals surface area contributed by atoms with Gasteiger partial charge in [-0.25, -0.2) is 8.42 Å². The summed E-state index contributed by atoms with van der Waals surface area (Å²) in [6, 6.07) is -0.194. The first-order valence-corrected chi connectivity index (χ1v) is 7.49. The molecule has 1 aromatic heterocycles. The average molecular weight is 287 g/mol. The molecule has 8 heteroatoms. The molecule has 1 N–H and O–H groups in total. The molecular weight excluding hydrogens is 270 g/mol. The molecule has 2 atom stereocenters. The quantitative estimate of drug-likeness (QED) is 0.862. The number of aliphatic carboxylic acids is 1. The Morgan fingerprint density at radius 2 is 2.16 bits per heavy atom. The van der Waals surface area contributed by atoms with Gasteiger partial charge >= 0.3 is 5.97 Å². The van der Waals surface area contributed by atoms with Crippen molar-refractivity contribution in [2.24, 2.45) is 13.0 Å². The number of rotatable bonds is 3. The summed E-state index contributed by atoms with van der Waals surface area (Å²) in [6.07, 6.45) is 3.77. The van der Waals surface area contributed by atoms with Gasteiger partial charge in [0.25, 0.3) is 0 Å². The zero-order valence-electron chi connectivity index (χ0n) is 10.9. The molecule has 0 spiro atoms. The molecule has 1 fully saturated rings. The minimum absolute atomic E-state index is 0.0216. The summed E-state index contributed by atoms with van der Waals surface area (Å²) in [4.78, 5) is 11.1. The second-order valence-corrected chi connectivity index (χ2v) is 6.78. The number of piperidine rings is 1. The summed E-state index contributed by atoms with van der Waals surface area (Å²) < 4.78 is 27.6. The summed E-state index contributed by atoms with van der Waals surface area (Å²) in [5, 5.41) is 12.9. The van der Waals surface area contributed by atoms with E-state index in [0.29, 0.717) is 12.8 Å². The molecule has 0 saturated carbocycles. The third kappa shape index (κ3) is 2.64. The number of carboxylic acid groups (broad SMARTS) is 1. The number of hydrogen-bond acceptors (Lipinski definition) is 4. The molecule has 0 aromatic carbocycles. The number of sulfonamides is 1. The Kier molecular flexibility index (Phi) is 3.64. The van der Waals surface area contributed by atoms with Crippen molar-refractivity contribution in [3.05, 3.63) is 12.4 Å².